The molecule has 0 aromatic heterocycles. The zero-order valence-corrected chi connectivity index (χ0v) is 9.69. The van der Waals surface area contributed by atoms with Crippen molar-refractivity contribution in [3.8, 4) is 11.5 Å². The highest BCUT2D eigenvalue weighted by Gasteiger charge is 2.11. The summed E-state index contributed by atoms with van der Waals surface area (Å²) < 4.78 is 28.6. The standard InChI is InChI=1S/C10H13FO3S/c1-12-8-4-7(6-14-15-3)10(11)9(5-8)13-2/h4-5H,6H2,1-3H3. The molecule has 0 aliphatic heterocycles. The van der Waals surface area contributed by atoms with E-state index in [0.717, 1.165) is 0 Å². The Labute approximate surface area is 92.7 Å². The van der Waals surface area contributed by atoms with Crippen LogP contribution >= 0.6 is 12.0 Å². The maximum absolute atomic E-state index is 13.6. The van der Waals surface area contributed by atoms with E-state index in [1.165, 1.54) is 32.3 Å². The van der Waals surface area contributed by atoms with Gasteiger partial charge in [0.25, 0.3) is 0 Å². The predicted molar refractivity (Wildman–Crippen MR) is 57.8 cm³/mol. The van der Waals surface area contributed by atoms with Gasteiger partial charge in [-0.05, 0) is 18.1 Å². The maximum atomic E-state index is 13.6. The van der Waals surface area contributed by atoms with Crippen LogP contribution in [0.15, 0.2) is 12.1 Å². The molecular formula is C10H13FO3S. The smallest absolute Gasteiger partial charge is 0.170 e. The van der Waals surface area contributed by atoms with Gasteiger partial charge in [-0.2, -0.15) is 0 Å². The van der Waals surface area contributed by atoms with Crippen LogP contribution in [0.4, 0.5) is 4.39 Å². The highest BCUT2D eigenvalue weighted by Crippen LogP contribution is 2.28. The second kappa shape index (κ2) is 5.82. The van der Waals surface area contributed by atoms with Gasteiger partial charge in [0.2, 0.25) is 0 Å². The van der Waals surface area contributed by atoms with Crippen molar-refractivity contribution in [2.75, 3.05) is 20.5 Å². The summed E-state index contributed by atoms with van der Waals surface area (Å²) in [6, 6.07) is 3.09. The minimum Gasteiger partial charge on any atom is -0.497 e. The number of ether oxygens (including phenoxy) is 2. The zero-order valence-electron chi connectivity index (χ0n) is 8.87. The third-order valence-corrected chi connectivity index (χ3v) is 2.23. The van der Waals surface area contributed by atoms with Crippen molar-refractivity contribution in [2.24, 2.45) is 0 Å². The summed E-state index contributed by atoms with van der Waals surface area (Å²) in [5, 5.41) is 0. The molecule has 0 amide bonds. The molecule has 3 nitrogen and oxygen atoms in total. The molecule has 0 atom stereocenters. The van der Waals surface area contributed by atoms with Crippen molar-refractivity contribution in [2.45, 2.75) is 6.61 Å². The van der Waals surface area contributed by atoms with E-state index in [0.29, 0.717) is 11.3 Å². The van der Waals surface area contributed by atoms with Gasteiger partial charge >= 0.3 is 0 Å². The number of halogens is 1. The molecule has 1 aromatic carbocycles. The van der Waals surface area contributed by atoms with Crippen molar-refractivity contribution in [1.29, 1.82) is 0 Å². The van der Waals surface area contributed by atoms with Crippen LogP contribution in [0, 0.1) is 5.82 Å². The molecule has 0 spiro atoms. The first kappa shape index (κ1) is 12.1. The first-order valence-electron chi connectivity index (χ1n) is 4.29. The monoisotopic (exact) mass is 232 g/mol. The van der Waals surface area contributed by atoms with E-state index in [2.05, 4.69) is 0 Å². The first-order chi connectivity index (χ1) is 7.22. The van der Waals surface area contributed by atoms with E-state index in [1.54, 1.807) is 12.3 Å². The summed E-state index contributed by atoms with van der Waals surface area (Å²) in [6.45, 7) is 0.181. The lowest BCUT2D eigenvalue weighted by Crippen LogP contribution is -1.97. The summed E-state index contributed by atoms with van der Waals surface area (Å²) in [5.74, 6) is 0.300. The van der Waals surface area contributed by atoms with Crippen molar-refractivity contribution in [3.63, 3.8) is 0 Å². The molecule has 5 heteroatoms. The van der Waals surface area contributed by atoms with Crippen LogP contribution in [0.5, 0.6) is 11.5 Å². The molecule has 0 aliphatic carbocycles. The van der Waals surface area contributed by atoms with Gasteiger partial charge in [0.1, 0.15) is 5.75 Å². The van der Waals surface area contributed by atoms with Crippen LogP contribution in [-0.2, 0) is 10.8 Å². The van der Waals surface area contributed by atoms with Gasteiger partial charge in [-0.3, -0.25) is 0 Å². The molecule has 1 aromatic rings. The normalized spacial score (nSPS) is 10.1. The van der Waals surface area contributed by atoms with Crippen LogP contribution in [0.2, 0.25) is 0 Å². The number of hydrogen-bond acceptors (Lipinski definition) is 4. The molecule has 0 heterocycles. The van der Waals surface area contributed by atoms with Crippen LogP contribution in [0.25, 0.3) is 0 Å². The molecular weight excluding hydrogens is 219 g/mol. The first-order valence-corrected chi connectivity index (χ1v) is 5.44. The van der Waals surface area contributed by atoms with E-state index >= 15 is 0 Å². The lowest BCUT2D eigenvalue weighted by molar-refractivity contribution is 0.337. The van der Waals surface area contributed by atoms with E-state index in [1.807, 2.05) is 0 Å². The molecule has 0 unspecified atom stereocenters. The van der Waals surface area contributed by atoms with Crippen LogP contribution in [0.1, 0.15) is 5.56 Å². The summed E-state index contributed by atoms with van der Waals surface area (Å²) in [6.07, 6.45) is 1.77. The molecule has 0 bridgehead atoms. The Morgan fingerprint density at radius 2 is 2.00 bits per heavy atom. The van der Waals surface area contributed by atoms with Crippen LogP contribution in [0.3, 0.4) is 0 Å². The van der Waals surface area contributed by atoms with Crippen molar-refractivity contribution < 1.29 is 18.0 Å². The minimum atomic E-state index is -0.410. The van der Waals surface area contributed by atoms with Gasteiger partial charge in [-0.1, -0.05) is 0 Å². The van der Waals surface area contributed by atoms with Gasteiger partial charge in [0, 0.05) is 17.9 Å². The fourth-order valence-corrected chi connectivity index (χ4v) is 1.37. The summed E-state index contributed by atoms with van der Waals surface area (Å²) >= 11 is 1.18. The number of benzene rings is 1. The fraction of sp³-hybridized carbons (Fsp3) is 0.400. The van der Waals surface area contributed by atoms with E-state index in [9.17, 15) is 4.39 Å². The van der Waals surface area contributed by atoms with E-state index in [4.69, 9.17) is 13.7 Å². The Kier molecular flexibility index (Phi) is 4.71. The third kappa shape index (κ3) is 3.00. The van der Waals surface area contributed by atoms with Crippen LogP contribution < -0.4 is 9.47 Å². The molecule has 1 rings (SSSR count). The number of rotatable bonds is 5. The Bertz CT molecular complexity index is 331. The maximum Gasteiger partial charge on any atom is 0.170 e. The second-order valence-corrected chi connectivity index (χ2v) is 3.30. The Balaban J connectivity index is 3.01. The summed E-state index contributed by atoms with van der Waals surface area (Å²) in [5.41, 5.74) is 0.417. The quantitative estimate of drug-likeness (QED) is 0.729. The molecule has 0 N–H and O–H groups in total. The van der Waals surface area contributed by atoms with Gasteiger partial charge in [0.15, 0.2) is 11.6 Å². The van der Waals surface area contributed by atoms with Gasteiger partial charge in [0.05, 0.1) is 20.8 Å². The van der Waals surface area contributed by atoms with Crippen molar-refractivity contribution in [3.05, 3.63) is 23.5 Å². The molecule has 0 radical (unpaired) electrons. The van der Waals surface area contributed by atoms with Crippen molar-refractivity contribution in [1.82, 2.24) is 0 Å². The fourth-order valence-electron chi connectivity index (χ4n) is 1.12. The Hall–Kier alpha value is -0.940. The van der Waals surface area contributed by atoms with Crippen LogP contribution in [-0.4, -0.2) is 20.5 Å². The number of methoxy groups -OCH3 is 2. The van der Waals surface area contributed by atoms with E-state index in [-0.39, 0.29) is 12.4 Å². The highest BCUT2D eigenvalue weighted by molar-refractivity contribution is 7.93. The molecule has 0 fully saturated rings. The van der Waals surface area contributed by atoms with Gasteiger partial charge < -0.3 is 13.7 Å². The lowest BCUT2D eigenvalue weighted by atomic mass is 10.2. The molecule has 0 saturated carbocycles. The lowest BCUT2D eigenvalue weighted by Gasteiger charge is -2.09. The third-order valence-electron chi connectivity index (χ3n) is 1.88. The average Bonchev–Trinajstić information content (AvgIpc) is 2.27. The summed E-state index contributed by atoms with van der Waals surface area (Å²) in [4.78, 5) is 0. The van der Waals surface area contributed by atoms with Gasteiger partial charge in [-0.25, -0.2) is 4.39 Å². The summed E-state index contributed by atoms with van der Waals surface area (Å²) in [7, 11) is 2.93. The highest BCUT2D eigenvalue weighted by atomic mass is 32.2. The zero-order chi connectivity index (χ0) is 11.3. The minimum absolute atomic E-state index is 0.161. The molecule has 0 aliphatic rings. The molecule has 84 valence electrons. The average molecular weight is 232 g/mol. The number of hydrogen-bond donors (Lipinski definition) is 0. The molecule has 15 heavy (non-hydrogen) atoms. The predicted octanol–water partition coefficient (Wildman–Crippen LogP) is 2.64. The van der Waals surface area contributed by atoms with Gasteiger partial charge in [-0.15, -0.1) is 0 Å². The molecule has 0 saturated heterocycles. The largest absolute Gasteiger partial charge is 0.497 e. The van der Waals surface area contributed by atoms with Crippen molar-refractivity contribution >= 4 is 12.0 Å². The Morgan fingerprint density at radius 3 is 2.53 bits per heavy atom. The van der Waals surface area contributed by atoms with E-state index < -0.39 is 5.82 Å². The Morgan fingerprint density at radius 1 is 1.27 bits per heavy atom. The second-order valence-electron chi connectivity index (χ2n) is 2.73. The SMILES string of the molecule is COc1cc(COSC)c(F)c(OC)c1. The topological polar surface area (TPSA) is 27.7 Å².